The first-order chi connectivity index (χ1) is 17.7. The first-order valence-corrected chi connectivity index (χ1v) is 14.2. The van der Waals surface area contributed by atoms with Crippen LogP contribution in [-0.2, 0) is 11.3 Å². The van der Waals surface area contributed by atoms with Crippen LogP contribution in [0.5, 0.6) is 0 Å². The molecule has 0 saturated carbocycles. The number of amides is 2. The molecule has 0 aliphatic carbocycles. The van der Waals surface area contributed by atoms with Crippen molar-refractivity contribution in [3.63, 3.8) is 0 Å². The largest absolute Gasteiger partial charge is 0.344 e. The third-order valence-corrected chi connectivity index (χ3v) is 8.50. The summed E-state index contributed by atoms with van der Waals surface area (Å²) in [7, 11) is 3.37. The third-order valence-electron chi connectivity index (χ3n) is 5.56. The summed E-state index contributed by atoms with van der Waals surface area (Å²) in [4.78, 5) is 32.5. The van der Waals surface area contributed by atoms with Gasteiger partial charge in [0.2, 0.25) is 5.91 Å². The maximum atomic E-state index is 12.7. The number of nitrogens with one attached hydrogen (secondary N) is 1. The van der Waals surface area contributed by atoms with Crippen molar-refractivity contribution in [1.29, 1.82) is 0 Å². The van der Waals surface area contributed by atoms with Crippen LogP contribution in [0.2, 0.25) is 0 Å². The average Bonchev–Trinajstić information content (AvgIpc) is 3.54. The van der Waals surface area contributed by atoms with E-state index >= 15 is 0 Å². The van der Waals surface area contributed by atoms with E-state index in [9.17, 15) is 9.59 Å². The van der Waals surface area contributed by atoms with Crippen LogP contribution in [0.15, 0.2) is 47.5 Å². The number of rotatable bonds is 9. The number of aromatic nitrogens is 4. The van der Waals surface area contributed by atoms with Gasteiger partial charge in [-0.15, -0.1) is 28.1 Å². The van der Waals surface area contributed by atoms with Crippen molar-refractivity contribution in [2.24, 2.45) is 0 Å². The molecule has 0 fully saturated rings. The molecule has 0 aliphatic rings. The Labute approximate surface area is 228 Å². The first kappa shape index (κ1) is 26.8. The molecule has 0 spiro atoms. The molecule has 1 aromatic carbocycles. The fourth-order valence-electron chi connectivity index (χ4n) is 3.72. The Bertz CT molecular complexity index is 1450. The minimum atomic E-state index is -0.232. The van der Waals surface area contributed by atoms with Crippen LogP contribution in [0.4, 0.5) is 5.13 Å². The SMILES string of the molecule is C=CCn1c(SCC(=O)Nc2nc(C)c(C(=O)N(C)C)s2)nnc1-c1csc(C)c1-c1ccc(C)cc1. The van der Waals surface area contributed by atoms with E-state index < -0.39 is 0 Å². The Morgan fingerprint density at radius 3 is 2.57 bits per heavy atom. The molecule has 0 bridgehead atoms. The number of thiazole rings is 1. The number of thioether (sulfide) groups is 1. The van der Waals surface area contributed by atoms with Gasteiger partial charge in [-0.3, -0.25) is 14.2 Å². The predicted molar refractivity (Wildman–Crippen MR) is 153 cm³/mol. The van der Waals surface area contributed by atoms with Gasteiger partial charge < -0.3 is 10.2 Å². The molecule has 0 radical (unpaired) electrons. The van der Waals surface area contributed by atoms with Crippen molar-refractivity contribution in [1.82, 2.24) is 24.6 Å². The summed E-state index contributed by atoms with van der Waals surface area (Å²) < 4.78 is 1.98. The van der Waals surface area contributed by atoms with Crippen molar-refractivity contribution in [3.8, 4) is 22.5 Å². The summed E-state index contributed by atoms with van der Waals surface area (Å²) in [5.41, 5.74) is 5.08. The van der Waals surface area contributed by atoms with E-state index in [1.807, 2.05) is 4.57 Å². The van der Waals surface area contributed by atoms with E-state index in [-0.39, 0.29) is 17.6 Å². The summed E-state index contributed by atoms with van der Waals surface area (Å²) in [6.45, 7) is 10.3. The van der Waals surface area contributed by atoms with Crippen LogP contribution in [0.25, 0.3) is 22.5 Å². The number of carbonyl (C=O) groups excluding carboxylic acids is 2. The third kappa shape index (κ3) is 5.84. The fraction of sp³-hybridized carbons (Fsp3) is 0.269. The predicted octanol–water partition coefficient (Wildman–Crippen LogP) is 5.67. The maximum Gasteiger partial charge on any atom is 0.265 e. The van der Waals surface area contributed by atoms with Gasteiger partial charge in [-0.25, -0.2) is 4.98 Å². The molecule has 2 amide bonds. The van der Waals surface area contributed by atoms with Crippen LogP contribution in [0.3, 0.4) is 0 Å². The van der Waals surface area contributed by atoms with Gasteiger partial charge in [0.15, 0.2) is 16.1 Å². The number of hydrogen-bond acceptors (Lipinski definition) is 8. The van der Waals surface area contributed by atoms with Gasteiger partial charge >= 0.3 is 0 Å². The molecular weight excluding hydrogens is 525 g/mol. The molecule has 37 heavy (non-hydrogen) atoms. The van der Waals surface area contributed by atoms with E-state index in [4.69, 9.17) is 0 Å². The Kier molecular flexibility index (Phi) is 8.25. The summed E-state index contributed by atoms with van der Waals surface area (Å²) >= 11 is 4.15. The number of aryl methyl sites for hydroxylation is 3. The van der Waals surface area contributed by atoms with E-state index in [0.29, 0.717) is 27.4 Å². The smallest absolute Gasteiger partial charge is 0.265 e. The van der Waals surface area contributed by atoms with Crippen LogP contribution >= 0.6 is 34.4 Å². The standard InChI is InChI=1S/C26H28N6O2S3/c1-7-12-32-23(19-13-35-17(4)21(19)18-10-8-15(2)9-11-18)29-30-26(32)36-14-20(33)28-25-27-16(3)22(37-25)24(34)31(5)6/h7-11,13H,1,12,14H2,2-6H3,(H,27,28,33). The molecule has 8 nitrogen and oxygen atoms in total. The van der Waals surface area contributed by atoms with Gasteiger partial charge in [0.1, 0.15) is 4.88 Å². The Hall–Kier alpha value is -3.28. The number of nitrogens with zero attached hydrogens (tertiary/aromatic N) is 5. The Balaban J connectivity index is 1.53. The highest BCUT2D eigenvalue weighted by Crippen LogP contribution is 2.39. The van der Waals surface area contributed by atoms with Crippen LogP contribution in [-0.4, -0.2) is 56.3 Å². The van der Waals surface area contributed by atoms with E-state index in [1.165, 1.54) is 38.4 Å². The molecule has 0 unspecified atom stereocenters. The molecule has 4 rings (SSSR count). The van der Waals surface area contributed by atoms with Gasteiger partial charge in [-0.2, -0.15) is 0 Å². The number of carbonyl (C=O) groups is 2. The fourth-order valence-corrected chi connectivity index (χ4v) is 6.34. The normalized spacial score (nSPS) is 10.9. The summed E-state index contributed by atoms with van der Waals surface area (Å²) in [6.07, 6.45) is 1.80. The Morgan fingerprint density at radius 1 is 1.16 bits per heavy atom. The van der Waals surface area contributed by atoms with Crippen molar-refractivity contribution in [3.05, 3.63) is 63.3 Å². The number of allylic oxidation sites excluding steroid dienone is 1. The zero-order valence-corrected chi connectivity index (χ0v) is 23.8. The van der Waals surface area contributed by atoms with Gasteiger partial charge in [0.05, 0.1) is 11.4 Å². The highest BCUT2D eigenvalue weighted by molar-refractivity contribution is 7.99. The van der Waals surface area contributed by atoms with E-state index in [0.717, 1.165) is 22.5 Å². The number of thiophene rings is 1. The molecule has 3 aromatic heterocycles. The zero-order chi connectivity index (χ0) is 26.7. The topological polar surface area (TPSA) is 93.0 Å². The molecule has 0 saturated heterocycles. The van der Waals surface area contributed by atoms with Gasteiger partial charge in [0.25, 0.3) is 5.91 Å². The highest BCUT2D eigenvalue weighted by Gasteiger charge is 2.22. The van der Waals surface area contributed by atoms with Crippen molar-refractivity contribution >= 4 is 51.4 Å². The zero-order valence-electron chi connectivity index (χ0n) is 21.4. The Morgan fingerprint density at radius 2 is 1.89 bits per heavy atom. The molecule has 0 atom stereocenters. The number of anilines is 1. The molecule has 1 N–H and O–H groups in total. The second-order valence-corrected chi connectivity index (χ2v) is 11.6. The average molecular weight is 553 g/mol. The quantitative estimate of drug-likeness (QED) is 0.212. The second-order valence-electron chi connectivity index (χ2n) is 8.62. The second kappa shape index (κ2) is 11.4. The number of benzene rings is 1. The molecule has 192 valence electrons. The molecule has 11 heteroatoms. The van der Waals surface area contributed by atoms with Crippen LogP contribution < -0.4 is 5.32 Å². The van der Waals surface area contributed by atoms with Gasteiger partial charge in [-0.1, -0.05) is 59.0 Å². The monoisotopic (exact) mass is 552 g/mol. The highest BCUT2D eigenvalue weighted by atomic mass is 32.2. The molecule has 4 aromatic rings. The van der Waals surface area contributed by atoms with Gasteiger partial charge in [-0.05, 0) is 26.3 Å². The lowest BCUT2D eigenvalue weighted by Crippen LogP contribution is -2.21. The maximum absolute atomic E-state index is 12.7. The molecular formula is C26H28N6O2S3. The number of hydrogen-bond donors (Lipinski definition) is 1. The van der Waals surface area contributed by atoms with Crippen molar-refractivity contribution < 1.29 is 9.59 Å². The lowest BCUT2D eigenvalue weighted by Gasteiger charge is -2.10. The first-order valence-electron chi connectivity index (χ1n) is 11.5. The molecule has 0 aliphatic heterocycles. The van der Waals surface area contributed by atoms with Gasteiger partial charge in [0, 0.05) is 42.0 Å². The summed E-state index contributed by atoms with van der Waals surface area (Å²) in [6, 6.07) is 8.46. The van der Waals surface area contributed by atoms with E-state index in [1.54, 1.807) is 38.4 Å². The lowest BCUT2D eigenvalue weighted by atomic mass is 10.0. The minimum Gasteiger partial charge on any atom is -0.344 e. The van der Waals surface area contributed by atoms with E-state index in [2.05, 4.69) is 70.6 Å². The summed E-state index contributed by atoms with van der Waals surface area (Å²) in [5, 5.41) is 14.8. The van der Waals surface area contributed by atoms with Crippen molar-refractivity contribution in [2.45, 2.75) is 32.5 Å². The molecule has 3 heterocycles. The minimum absolute atomic E-state index is 0.123. The lowest BCUT2D eigenvalue weighted by molar-refractivity contribution is -0.113. The van der Waals surface area contributed by atoms with Crippen LogP contribution in [0.1, 0.15) is 25.8 Å². The van der Waals surface area contributed by atoms with Crippen LogP contribution in [0, 0.1) is 20.8 Å². The van der Waals surface area contributed by atoms with Crippen molar-refractivity contribution in [2.75, 3.05) is 25.2 Å². The summed E-state index contributed by atoms with van der Waals surface area (Å²) in [5.74, 6) is 0.496.